The molecular weight excluding hydrogens is 350 g/mol. The van der Waals surface area contributed by atoms with Crippen molar-refractivity contribution in [3.8, 4) is 0 Å². The van der Waals surface area contributed by atoms with Crippen LogP contribution in [0.2, 0.25) is 0 Å². The summed E-state index contributed by atoms with van der Waals surface area (Å²) in [6, 6.07) is 22.7. The van der Waals surface area contributed by atoms with Gasteiger partial charge in [-0.2, -0.15) is 0 Å². The molecule has 0 saturated heterocycles. The number of carbonyl (C=O) groups is 2. The van der Waals surface area contributed by atoms with E-state index >= 15 is 0 Å². The quantitative estimate of drug-likeness (QED) is 0.539. The monoisotopic (exact) mass is 369 g/mol. The second-order valence-electron chi connectivity index (χ2n) is 6.60. The Balaban J connectivity index is 1.74. The molecule has 0 aliphatic heterocycles. The third-order valence-corrected chi connectivity index (χ3v) is 4.80. The first-order valence-corrected chi connectivity index (χ1v) is 8.89. The number of nitrogens with zero attached hydrogens (tertiary/aromatic N) is 1. The normalized spacial score (nSPS) is 11.7. The van der Waals surface area contributed by atoms with Crippen LogP contribution in [0, 0.1) is 0 Å². The van der Waals surface area contributed by atoms with Crippen molar-refractivity contribution in [1.82, 2.24) is 9.88 Å². The number of para-hydroxylation sites is 1. The molecule has 28 heavy (non-hydrogen) atoms. The number of carbonyl (C=O) groups excluding carboxylic acids is 2. The molecule has 0 bridgehead atoms. The van der Waals surface area contributed by atoms with Crippen molar-refractivity contribution in [2.24, 2.45) is 12.8 Å². The molecule has 3 aromatic carbocycles. The molecule has 4 aromatic rings. The molecule has 1 aromatic heterocycles. The Morgan fingerprint density at radius 3 is 2.32 bits per heavy atom. The number of nitrogens with one attached hydrogen (secondary N) is 1. The van der Waals surface area contributed by atoms with Gasteiger partial charge in [-0.05, 0) is 42.0 Å². The molecule has 0 spiro atoms. The van der Waals surface area contributed by atoms with E-state index < -0.39 is 5.91 Å². The van der Waals surface area contributed by atoms with Crippen LogP contribution in [0.1, 0.15) is 15.9 Å². The SMILES string of the molecule is Cn1c2ccccc2c2cc(/C=C(/NC(=O)c3ccccc3)C(N)=O)ccc21. The largest absolute Gasteiger partial charge is 0.364 e. The van der Waals surface area contributed by atoms with Gasteiger partial charge in [-0.1, -0.05) is 42.5 Å². The zero-order chi connectivity index (χ0) is 19.7. The van der Waals surface area contributed by atoms with Gasteiger partial charge >= 0.3 is 0 Å². The molecule has 0 unspecified atom stereocenters. The Labute approximate surface area is 162 Å². The number of aromatic nitrogens is 1. The minimum atomic E-state index is -0.692. The van der Waals surface area contributed by atoms with Crippen LogP contribution in [-0.2, 0) is 11.8 Å². The lowest BCUT2D eigenvalue weighted by Crippen LogP contribution is -2.31. The maximum Gasteiger partial charge on any atom is 0.265 e. The third kappa shape index (κ3) is 3.14. The van der Waals surface area contributed by atoms with Gasteiger partial charge < -0.3 is 15.6 Å². The number of fused-ring (bicyclic) bond motifs is 3. The zero-order valence-corrected chi connectivity index (χ0v) is 15.3. The van der Waals surface area contributed by atoms with E-state index in [1.165, 1.54) is 0 Å². The standard InChI is InChI=1S/C23H19N3O2/c1-26-20-10-6-5-9-17(20)18-13-15(11-12-21(18)26)14-19(22(24)27)25-23(28)16-7-3-2-4-8-16/h2-14H,1H3,(H2,24,27)(H,25,28)/b19-14+. The second-order valence-corrected chi connectivity index (χ2v) is 6.60. The summed E-state index contributed by atoms with van der Waals surface area (Å²) in [5.74, 6) is -1.07. The van der Waals surface area contributed by atoms with E-state index in [9.17, 15) is 9.59 Å². The fraction of sp³-hybridized carbons (Fsp3) is 0.0435. The lowest BCUT2D eigenvalue weighted by atomic mass is 10.1. The first kappa shape index (κ1) is 17.5. The van der Waals surface area contributed by atoms with Gasteiger partial charge in [-0.25, -0.2) is 0 Å². The first-order valence-electron chi connectivity index (χ1n) is 8.89. The minimum absolute atomic E-state index is 0.0495. The maximum absolute atomic E-state index is 12.4. The predicted octanol–water partition coefficient (Wildman–Crippen LogP) is 3.59. The van der Waals surface area contributed by atoms with Crippen LogP contribution in [0.4, 0.5) is 0 Å². The van der Waals surface area contributed by atoms with Gasteiger partial charge in [-0.3, -0.25) is 9.59 Å². The Morgan fingerprint density at radius 1 is 0.893 bits per heavy atom. The number of nitrogens with two attached hydrogens (primary N) is 1. The molecule has 0 aliphatic rings. The van der Waals surface area contributed by atoms with Crippen LogP contribution in [0.3, 0.4) is 0 Å². The second kappa shape index (κ2) is 7.04. The number of aryl methyl sites for hydroxylation is 1. The summed E-state index contributed by atoms with van der Waals surface area (Å²) < 4.78 is 2.13. The maximum atomic E-state index is 12.4. The number of amides is 2. The summed E-state index contributed by atoms with van der Waals surface area (Å²) in [4.78, 5) is 24.3. The number of hydrogen-bond acceptors (Lipinski definition) is 2. The average Bonchev–Trinajstić information content (AvgIpc) is 3.00. The van der Waals surface area contributed by atoms with Gasteiger partial charge in [0.2, 0.25) is 0 Å². The Bertz CT molecular complexity index is 1240. The smallest absolute Gasteiger partial charge is 0.265 e. The van der Waals surface area contributed by atoms with Crippen molar-refractivity contribution in [3.63, 3.8) is 0 Å². The Kier molecular flexibility index (Phi) is 4.41. The average molecular weight is 369 g/mol. The summed E-state index contributed by atoms with van der Waals surface area (Å²) in [6.07, 6.45) is 1.60. The van der Waals surface area contributed by atoms with Crippen LogP contribution in [-0.4, -0.2) is 16.4 Å². The molecule has 2 amide bonds. The molecule has 4 rings (SSSR count). The fourth-order valence-corrected chi connectivity index (χ4v) is 3.39. The summed E-state index contributed by atoms with van der Waals surface area (Å²) in [6.45, 7) is 0. The molecule has 5 nitrogen and oxygen atoms in total. The van der Waals surface area contributed by atoms with E-state index in [-0.39, 0.29) is 11.6 Å². The van der Waals surface area contributed by atoms with Gasteiger partial charge in [0.1, 0.15) is 5.70 Å². The highest BCUT2D eigenvalue weighted by Gasteiger charge is 2.13. The number of benzene rings is 3. The Hall–Kier alpha value is -3.86. The van der Waals surface area contributed by atoms with Crippen LogP contribution in [0.15, 0.2) is 78.5 Å². The minimum Gasteiger partial charge on any atom is -0.364 e. The third-order valence-electron chi connectivity index (χ3n) is 4.80. The summed E-state index contributed by atoms with van der Waals surface area (Å²) in [7, 11) is 2.02. The van der Waals surface area contributed by atoms with Crippen LogP contribution < -0.4 is 11.1 Å². The van der Waals surface area contributed by atoms with Gasteiger partial charge in [-0.15, -0.1) is 0 Å². The molecule has 0 radical (unpaired) electrons. The van der Waals surface area contributed by atoms with Gasteiger partial charge in [0, 0.05) is 34.4 Å². The number of primary amides is 1. The van der Waals surface area contributed by atoms with E-state index in [1.54, 1.807) is 30.3 Å². The highest BCUT2D eigenvalue weighted by atomic mass is 16.2. The van der Waals surface area contributed by atoms with E-state index in [0.717, 1.165) is 27.4 Å². The molecule has 138 valence electrons. The van der Waals surface area contributed by atoms with Crippen molar-refractivity contribution in [3.05, 3.63) is 89.6 Å². The van der Waals surface area contributed by atoms with Gasteiger partial charge in [0.05, 0.1) is 0 Å². The molecule has 1 heterocycles. The lowest BCUT2D eigenvalue weighted by Gasteiger charge is -2.07. The van der Waals surface area contributed by atoms with Crippen LogP contribution >= 0.6 is 0 Å². The van der Waals surface area contributed by atoms with E-state index in [2.05, 4.69) is 22.0 Å². The van der Waals surface area contributed by atoms with Crippen molar-refractivity contribution < 1.29 is 9.59 Å². The molecular formula is C23H19N3O2. The van der Waals surface area contributed by atoms with E-state index in [4.69, 9.17) is 5.73 Å². The van der Waals surface area contributed by atoms with Crippen molar-refractivity contribution >= 4 is 39.7 Å². The summed E-state index contributed by atoms with van der Waals surface area (Å²) >= 11 is 0. The van der Waals surface area contributed by atoms with Gasteiger partial charge in [0.15, 0.2) is 0 Å². The summed E-state index contributed by atoms with van der Waals surface area (Å²) in [5, 5.41) is 4.82. The van der Waals surface area contributed by atoms with Crippen molar-refractivity contribution in [1.29, 1.82) is 0 Å². The first-order chi connectivity index (χ1) is 13.5. The zero-order valence-electron chi connectivity index (χ0n) is 15.3. The number of rotatable bonds is 4. The highest BCUT2D eigenvalue weighted by molar-refractivity contribution is 6.09. The molecule has 0 aliphatic carbocycles. The van der Waals surface area contributed by atoms with Crippen LogP contribution in [0.5, 0.6) is 0 Å². The molecule has 0 fully saturated rings. The van der Waals surface area contributed by atoms with Crippen molar-refractivity contribution in [2.75, 3.05) is 0 Å². The predicted molar refractivity (Wildman–Crippen MR) is 112 cm³/mol. The Morgan fingerprint density at radius 2 is 1.57 bits per heavy atom. The van der Waals surface area contributed by atoms with E-state index in [1.807, 2.05) is 43.4 Å². The molecule has 3 N–H and O–H groups in total. The highest BCUT2D eigenvalue weighted by Crippen LogP contribution is 2.29. The fourth-order valence-electron chi connectivity index (χ4n) is 3.39. The molecule has 0 atom stereocenters. The summed E-state index contributed by atoms with van der Waals surface area (Å²) in [5.41, 5.74) is 9.00. The van der Waals surface area contributed by atoms with Crippen LogP contribution in [0.25, 0.3) is 27.9 Å². The lowest BCUT2D eigenvalue weighted by molar-refractivity contribution is -0.114. The van der Waals surface area contributed by atoms with Gasteiger partial charge in [0.25, 0.3) is 11.8 Å². The van der Waals surface area contributed by atoms with Crippen molar-refractivity contribution in [2.45, 2.75) is 0 Å². The van der Waals surface area contributed by atoms with E-state index in [0.29, 0.717) is 5.56 Å². The molecule has 0 saturated carbocycles. The topological polar surface area (TPSA) is 77.1 Å². The molecule has 5 heteroatoms. The number of hydrogen-bond donors (Lipinski definition) is 2.